The van der Waals surface area contributed by atoms with Gasteiger partial charge in [0.05, 0.1) is 12.8 Å². The van der Waals surface area contributed by atoms with Crippen LogP contribution in [0.2, 0.25) is 0 Å². The highest BCUT2D eigenvalue weighted by Gasteiger charge is 2.00. The summed E-state index contributed by atoms with van der Waals surface area (Å²) in [5.41, 5.74) is 1.94. The average Bonchev–Trinajstić information content (AvgIpc) is 2.30. The molecule has 0 fully saturated rings. The van der Waals surface area contributed by atoms with Gasteiger partial charge in [-0.1, -0.05) is 30.3 Å². The lowest BCUT2D eigenvalue weighted by Gasteiger charge is -2.01. The maximum atomic E-state index is 4.95. The Labute approximate surface area is 82.4 Å². The molecule has 2 rings (SSSR count). The van der Waals surface area contributed by atoms with Crippen molar-refractivity contribution in [3.05, 3.63) is 42.6 Å². The molecule has 0 atom stereocenters. The van der Waals surface area contributed by atoms with E-state index in [0.29, 0.717) is 6.01 Å². The second-order valence-corrected chi connectivity index (χ2v) is 2.79. The van der Waals surface area contributed by atoms with E-state index in [2.05, 4.69) is 9.97 Å². The normalized spacial score (nSPS) is 9.79. The van der Waals surface area contributed by atoms with Gasteiger partial charge in [0, 0.05) is 11.8 Å². The molecule has 1 heterocycles. The molecule has 0 aliphatic heterocycles. The molecule has 3 nitrogen and oxygen atoms in total. The van der Waals surface area contributed by atoms with Crippen LogP contribution >= 0.6 is 0 Å². The molecule has 70 valence electrons. The molecule has 0 spiro atoms. The first-order chi connectivity index (χ1) is 6.90. The van der Waals surface area contributed by atoms with E-state index in [4.69, 9.17) is 4.74 Å². The maximum absolute atomic E-state index is 4.95. The first-order valence-electron chi connectivity index (χ1n) is 4.32. The zero-order chi connectivity index (χ0) is 9.80. The molecule has 0 N–H and O–H groups in total. The van der Waals surface area contributed by atoms with Crippen molar-refractivity contribution in [2.75, 3.05) is 7.11 Å². The number of benzene rings is 1. The van der Waals surface area contributed by atoms with Crippen LogP contribution in [0.3, 0.4) is 0 Å². The lowest BCUT2D eigenvalue weighted by atomic mass is 10.1. The quantitative estimate of drug-likeness (QED) is 0.720. The van der Waals surface area contributed by atoms with Gasteiger partial charge in [-0.25, -0.2) is 4.98 Å². The molecule has 0 radical (unpaired) electrons. The van der Waals surface area contributed by atoms with Gasteiger partial charge in [-0.2, -0.15) is 4.98 Å². The van der Waals surface area contributed by atoms with Crippen LogP contribution in [0.15, 0.2) is 42.6 Å². The molecular formula is C11H10N2O. The van der Waals surface area contributed by atoms with Gasteiger partial charge in [-0.05, 0) is 6.07 Å². The molecular weight excluding hydrogens is 176 g/mol. The largest absolute Gasteiger partial charge is 0.467 e. The minimum absolute atomic E-state index is 0.395. The van der Waals surface area contributed by atoms with Crippen LogP contribution in [-0.4, -0.2) is 17.1 Å². The summed E-state index contributed by atoms with van der Waals surface area (Å²) >= 11 is 0. The average molecular weight is 186 g/mol. The van der Waals surface area contributed by atoms with E-state index in [0.717, 1.165) is 11.3 Å². The molecule has 0 aliphatic carbocycles. The Morgan fingerprint density at radius 3 is 2.57 bits per heavy atom. The zero-order valence-corrected chi connectivity index (χ0v) is 7.84. The second-order valence-electron chi connectivity index (χ2n) is 2.79. The molecule has 3 heteroatoms. The van der Waals surface area contributed by atoms with Crippen molar-refractivity contribution in [3.63, 3.8) is 0 Å². The first-order valence-corrected chi connectivity index (χ1v) is 4.32. The van der Waals surface area contributed by atoms with Crippen LogP contribution in [-0.2, 0) is 0 Å². The Hall–Kier alpha value is -1.90. The Balaban J connectivity index is 2.42. The highest BCUT2D eigenvalue weighted by atomic mass is 16.5. The van der Waals surface area contributed by atoms with Crippen LogP contribution in [0.1, 0.15) is 0 Å². The predicted octanol–water partition coefficient (Wildman–Crippen LogP) is 2.15. The molecule has 0 aliphatic rings. The monoisotopic (exact) mass is 186 g/mol. The zero-order valence-electron chi connectivity index (χ0n) is 7.84. The molecule has 0 saturated heterocycles. The second kappa shape index (κ2) is 3.87. The van der Waals surface area contributed by atoms with Gasteiger partial charge in [0.15, 0.2) is 0 Å². The lowest BCUT2D eigenvalue weighted by molar-refractivity contribution is 0.380. The summed E-state index contributed by atoms with van der Waals surface area (Å²) in [6.07, 6.45) is 1.69. The van der Waals surface area contributed by atoms with Crippen molar-refractivity contribution < 1.29 is 4.74 Å². The van der Waals surface area contributed by atoms with E-state index >= 15 is 0 Å². The highest BCUT2D eigenvalue weighted by molar-refractivity contribution is 5.58. The summed E-state index contributed by atoms with van der Waals surface area (Å²) in [4.78, 5) is 8.18. The number of methoxy groups -OCH3 is 1. The van der Waals surface area contributed by atoms with E-state index in [-0.39, 0.29) is 0 Å². The number of nitrogens with zero attached hydrogens (tertiary/aromatic N) is 2. The fourth-order valence-corrected chi connectivity index (χ4v) is 1.21. The third-order valence-electron chi connectivity index (χ3n) is 1.89. The minimum Gasteiger partial charge on any atom is -0.467 e. The Morgan fingerprint density at radius 1 is 1.07 bits per heavy atom. The number of hydrogen-bond donors (Lipinski definition) is 0. The highest BCUT2D eigenvalue weighted by Crippen LogP contribution is 2.16. The van der Waals surface area contributed by atoms with Crippen molar-refractivity contribution in [1.29, 1.82) is 0 Å². The fraction of sp³-hybridized carbons (Fsp3) is 0.0909. The molecule has 1 aromatic heterocycles. The summed E-state index contributed by atoms with van der Waals surface area (Å²) in [7, 11) is 1.56. The van der Waals surface area contributed by atoms with Crippen LogP contribution < -0.4 is 4.74 Å². The van der Waals surface area contributed by atoms with Gasteiger partial charge < -0.3 is 4.74 Å². The summed E-state index contributed by atoms with van der Waals surface area (Å²) in [6, 6.07) is 12.2. The topological polar surface area (TPSA) is 35.0 Å². The van der Waals surface area contributed by atoms with Gasteiger partial charge in [-0.15, -0.1) is 0 Å². The van der Waals surface area contributed by atoms with Crippen LogP contribution in [0.5, 0.6) is 6.01 Å². The standard InChI is InChI=1S/C11H10N2O/c1-14-11-12-8-7-10(13-11)9-5-3-2-4-6-9/h2-8H,1H3. The van der Waals surface area contributed by atoms with Crippen molar-refractivity contribution in [2.24, 2.45) is 0 Å². The SMILES string of the molecule is COc1nccc(-c2ccccc2)n1. The summed E-state index contributed by atoms with van der Waals surface area (Å²) in [6.45, 7) is 0. The van der Waals surface area contributed by atoms with Gasteiger partial charge >= 0.3 is 6.01 Å². The Morgan fingerprint density at radius 2 is 1.86 bits per heavy atom. The van der Waals surface area contributed by atoms with E-state index in [9.17, 15) is 0 Å². The van der Waals surface area contributed by atoms with Gasteiger partial charge in [0.25, 0.3) is 0 Å². The van der Waals surface area contributed by atoms with Gasteiger partial charge in [0.2, 0.25) is 0 Å². The van der Waals surface area contributed by atoms with Gasteiger partial charge in [-0.3, -0.25) is 0 Å². The lowest BCUT2D eigenvalue weighted by Crippen LogP contribution is -1.92. The molecule has 2 aromatic rings. The van der Waals surface area contributed by atoms with Crippen LogP contribution in [0.25, 0.3) is 11.3 Å². The van der Waals surface area contributed by atoms with Crippen molar-refractivity contribution in [2.45, 2.75) is 0 Å². The summed E-state index contributed by atoms with van der Waals surface area (Å²) < 4.78 is 4.95. The van der Waals surface area contributed by atoms with E-state index in [1.807, 2.05) is 36.4 Å². The summed E-state index contributed by atoms with van der Waals surface area (Å²) in [5, 5.41) is 0. The third kappa shape index (κ3) is 1.71. The Bertz CT molecular complexity index is 415. The molecule has 0 unspecified atom stereocenters. The third-order valence-corrected chi connectivity index (χ3v) is 1.89. The fourth-order valence-electron chi connectivity index (χ4n) is 1.21. The number of rotatable bonds is 2. The minimum atomic E-state index is 0.395. The molecule has 0 saturated carbocycles. The smallest absolute Gasteiger partial charge is 0.316 e. The first kappa shape index (κ1) is 8.69. The van der Waals surface area contributed by atoms with E-state index < -0.39 is 0 Å². The van der Waals surface area contributed by atoms with Crippen molar-refractivity contribution >= 4 is 0 Å². The predicted molar refractivity (Wildman–Crippen MR) is 54.0 cm³/mol. The van der Waals surface area contributed by atoms with E-state index in [1.54, 1.807) is 13.3 Å². The molecule has 14 heavy (non-hydrogen) atoms. The molecule has 1 aromatic carbocycles. The van der Waals surface area contributed by atoms with Crippen LogP contribution in [0, 0.1) is 0 Å². The van der Waals surface area contributed by atoms with Crippen LogP contribution in [0.4, 0.5) is 0 Å². The Kier molecular flexibility index (Phi) is 2.40. The molecule has 0 bridgehead atoms. The van der Waals surface area contributed by atoms with Crippen molar-refractivity contribution in [1.82, 2.24) is 9.97 Å². The van der Waals surface area contributed by atoms with Gasteiger partial charge in [0.1, 0.15) is 0 Å². The number of ether oxygens (including phenoxy) is 1. The molecule has 0 amide bonds. The summed E-state index contributed by atoms with van der Waals surface area (Å²) in [5.74, 6) is 0. The maximum Gasteiger partial charge on any atom is 0.316 e. The number of aromatic nitrogens is 2. The number of hydrogen-bond acceptors (Lipinski definition) is 3. The van der Waals surface area contributed by atoms with Crippen molar-refractivity contribution in [3.8, 4) is 17.3 Å². The van der Waals surface area contributed by atoms with E-state index in [1.165, 1.54) is 0 Å².